The molecule has 0 aromatic rings. The molecular weight excluding hydrogens is 202 g/mol. The molecule has 16 heavy (non-hydrogen) atoms. The number of nitrogens with one attached hydrogen (secondary N) is 2. The Hall–Kier alpha value is -0.610. The van der Waals surface area contributed by atoms with Crippen molar-refractivity contribution in [3.05, 3.63) is 0 Å². The van der Waals surface area contributed by atoms with Crippen molar-refractivity contribution in [2.45, 2.75) is 45.7 Å². The fourth-order valence-electron chi connectivity index (χ4n) is 2.27. The van der Waals surface area contributed by atoms with E-state index in [2.05, 4.69) is 22.5 Å². The van der Waals surface area contributed by atoms with Crippen molar-refractivity contribution in [3.63, 3.8) is 0 Å². The topological polar surface area (TPSA) is 44.4 Å². The molecule has 1 aliphatic heterocycles. The summed E-state index contributed by atoms with van der Waals surface area (Å²) >= 11 is 0. The van der Waals surface area contributed by atoms with Gasteiger partial charge in [0.25, 0.3) is 0 Å². The zero-order chi connectivity index (χ0) is 12.0. The van der Waals surface area contributed by atoms with Crippen molar-refractivity contribution in [1.29, 1.82) is 0 Å². The average Bonchev–Trinajstić information content (AvgIpc) is 2.30. The Bertz CT molecular complexity index is 212. The van der Waals surface area contributed by atoms with Crippen LogP contribution in [0.3, 0.4) is 0 Å². The molecule has 94 valence electrons. The Morgan fingerprint density at radius 2 is 1.94 bits per heavy atom. The molecule has 0 aromatic heterocycles. The molecule has 0 bridgehead atoms. The highest BCUT2D eigenvalue weighted by Crippen LogP contribution is 2.13. The normalized spacial score (nSPS) is 20.7. The quantitative estimate of drug-likeness (QED) is 0.722. The van der Waals surface area contributed by atoms with Crippen molar-refractivity contribution in [1.82, 2.24) is 15.5 Å². The van der Waals surface area contributed by atoms with Crippen LogP contribution in [0.4, 0.5) is 0 Å². The van der Waals surface area contributed by atoms with Gasteiger partial charge in [0.2, 0.25) is 5.91 Å². The summed E-state index contributed by atoms with van der Waals surface area (Å²) in [5.74, 6) is 0.157. The molecule has 1 fully saturated rings. The van der Waals surface area contributed by atoms with Gasteiger partial charge in [0.1, 0.15) is 0 Å². The lowest BCUT2D eigenvalue weighted by atomic mass is 10.0. The van der Waals surface area contributed by atoms with Crippen LogP contribution < -0.4 is 10.6 Å². The number of rotatable bonds is 5. The molecule has 1 saturated heterocycles. The fraction of sp³-hybridized carbons (Fsp3) is 0.917. The second-order valence-electron chi connectivity index (χ2n) is 4.44. The summed E-state index contributed by atoms with van der Waals surface area (Å²) in [6.45, 7) is 9.91. The van der Waals surface area contributed by atoms with Gasteiger partial charge < -0.3 is 10.6 Å². The van der Waals surface area contributed by atoms with E-state index in [4.69, 9.17) is 0 Å². The molecule has 0 aliphatic carbocycles. The first-order chi connectivity index (χ1) is 7.69. The van der Waals surface area contributed by atoms with Crippen LogP contribution in [-0.4, -0.2) is 49.1 Å². The van der Waals surface area contributed by atoms with Gasteiger partial charge in [-0.05, 0) is 33.2 Å². The Morgan fingerprint density at radius 3 is 2.44 bits per heavy atom. The first-order valence-corrected chi connectivity index (χ1v) is 6.44. The zero-order valence-electron chi connectivity index (χ0n) is 10.8. The minimum Gasteiger partial charge on any atom is -0.355 e. The third kappa shape index (κ3) is 3.76. The monoisotopic (exact) mass is 227 g/mol. The molecule has 0 saturated carbocycles. The summed E-state index contributed by atoms with van der Waals surface area (Å²) in [5.41, 5.74) is 0. The van der Waals surface area contributed by atoms with Gasteiger partial charge in [-0.25, -0.2) is 0 Å². The standard InChI is InChI=1S/C12H25N3O/c1-4-13-11-6-8-15(9-7-11)10(3)12(16)14-5-2/h10-11,13H,4-9H2,1-3H3,(H,14,16). The van der Waals surface area contributed by atoms with Crippen molar-refractivity contribution in [2.75, 3.05) is 26.2 Å². The average molecular weight is 227 g/mol. The van der Waals surface area contributed by atoms with Crippen LogP contribution >= 0.6 is 0 Å². The van der Waals surface area contributed by atoms with E-state index >= 15 is 0 Å². The van der Waals surface area contributed by atoms with Gasteiger partial charge in [-0.3, -0.25) is 9.69 Å². The molecular formula is C12H25N3O. The van der Waals surface area contributed by atoms with E-state index in [0.29, 0.717) is 6.04 Å². The molecule has 4 nitrogen and oxygen atoms in total. The minimum absolute atomic E-state index is 0.0162. The Labute approximate surface area is 98.8 Å². The summed E-state index contributed by atoms with van der Waals surface area (Å²) < 4.78 is 0. The molecule has 1 rings (SSSR count). The predicted octanol–water partition coefficient (Wildman–Crippen LogP) is 0.585. The van der Waals surface area contributed by atoms with E-state index in [0.717, 1.165) is 39.0 Å². The van der Waals surface area contributed by atoms with E-state index in [1.165, 1.54) is 0 Å². The minimum atomic E-state index is 0.0162. The molecule has 0 aromatic carbocycles. The van der Waals surface area contributed by atoms with Gasteiger partial charge in [0.15, 0.2) is 0 Å². The largest absolute Gasteiger partial charge is 0.355 e. The van der Waals surface area contributed by atoms with Gasteiger partial charge >= 0.3 is 0 Å². The molecule has 1 heterocycles. The summed E-state index contributed by atoms with van der Waals surface area (Å²) in [6.07, 6.45) is 2.30. The summed E-state index contributed by atoms with van der Waals surface area (Å²) in [6, 6.07) is 0.658. The molecule has 1 unspecified atom stereocenters. The van der Waals surface area contributed by atoms with E-state index in [9.17, 15) is 4.79 Å². The van der Waals surface area contributed by atoms with Crippen LogP contribution in [0.25, 0.3) is 0 Å². The highest BCUT2D eigenvalue weighted by Gasteiger charge is 2.25. The number of hydrogen-bond acceptors (Lipinski definition) is 3. The number of amides is 1. The van der Waals surface area contributed by atoms with Crippen LogP contribution in [0.5, 0.6) is 0 Å². The number of likely N-dealkylation sites (tertiary alicyclic amines) is 1. The number of carbonyl (C=O) groups excluding carboxylic acids is 1. The molecule has 1 amide bonds. The smallest absolute Gasteiger partial charge is 0.237 e. The molecule has 0 spiro atoms. The maximum Gasteiger partial charge on any atom is 0.237 e. The van der Waals surface area contributed by atoms with E-state index in [1.807, 2.05) is 13.8 Å². The first-order valence-electron chi connectivity index (χ1n) is 6.44. The van der Waals surface area contributed by atoms with Crippen LogP contribution in [0.2, 0.25) is 0 Å². The summed E-state index contributed by atoms with van der Waals surface area (Å²) in [5, 5.41) is 6.35. The molecule has 4 heteroatoms. The number of likely N-dealkylation sites (N-methyl/N-ethyl adjacent to an activating group) is 1. The fourth-order valence-corrected chi connectivity index (χ4v) is 2.27. The van der Waals surface area contributed by atoms with Crippen LogP contribution in [0.1, 0.15) is 33.6 Å². The van der Waals surface area contributed by atoms with Crippen molar-refractivity contribution in [2.24, 2.45) is 0 Å². The highest BCUT2D eigenvalue weighted by molar-refractivity contribution is 5.81. The zero-order valence-corrected chi connectivity index (χ0v) is 10.8. The molecule has 2 N–H and O–H groups in total. The van der Waals surface area contributed by atoms with Gasteiger partial charge in [0, 0.05) is 25.7 Å². The lowest BCUT2D eigenvalue weighted by molar-refractivity contribution is -0.126. The first kappa shape index (κ1) is 13.5. The van der Waals surface area contributed by atoms with Crippen LogP contribution in [0, 0.1) is 0 Å². The van der Waals surface area contributed by atoms with Gasteiger partial charge in [-0.15, -0.1) is 0 Å². The van der Waals surface area contributed by atoms with Crippen molar-refractivity contribution < 1.29 is 4.79 Å². The molecule has 1 atom stereocenters. The second kappa shape index (κ2) is 6.86. The highest BCUT2D eigenvalue weighted by atomic mass is 16.2. The number of nitrogens with zero attached hydrogens (tertiary/aromatic N) is 1. The van der Waals surface area contributed by atoms with E-state index < -0.39 is 0 Å². The lowest BCUT2D eigenvalue weighted by Gasteiger charge is -2.35. The van der Waals surface area contributed by atoms with Gasteiger partial charge in [0.05, 0.1) is 6.04 Å². The van der Waals surface area contributed by atoms with E-state index in [1.54, 1.807) is 0 Å². The Kier molecular flexibility index (Phi) is 5.77. The van der Waals surface area contributed by atoms with Crippen LogP contribution in [-0.2, 0) is 4.79 Å². The maximum absolute atomic E-state index is 11.7. The van der Waals surface area contributed by atoms with Crippen LogP contribution in [0.15, 0.2) is 0 Å². The van der Waals surface area contributed by atoms with Gasteiger partial charge in [-0.1, -0.05) is 6.92 Å². The number of hydrogen-bond donors (Lipinski definition) is 2. The number of carbonyl (C=O) groups is 1. The van der Waals surface area contributed by atoms with Gasteiger partial charge in [-0.2, -0.15) is 0 Å². The van der Waals surface area contributed by atoms with Crippen molar-refractivity contribution >= 4 is 5.91 Å². The third-order valence-electron chi connectivity index (χ3n) is 3.30. The number of piperidine rings is 1. The lowest BCUT2D eigenvalue weighted by Crippen LogP contribution is -2.50. The molecule has 0 radical (unpaired) electrons. The maximum atomic E-state index is 11.7. The third-order valence-corrected chi connectivity index (χ3v) is 3.30. The summed E-state index contributed by atoms with van der Waals surface area (Å²) in [4.78, 5) is 14.0. The Balaban J connectivity index is 2.32. The van der Waals surface area contributed by atoms with Crippen molar-refractivity contribution in [3.8, 4) is 0 Å². The second-order valence-corrected chi connectivity index (χ2v) is 4.44. The predicted molar refractivity (Wildman–Crippen MR) is 66.4 cm³/mol. The Morgan fingerprint density at radius 1 is 1.31 bits per heavy atom. The summed E-state index contributed by atoms with van der Waals surface area (Å²) in [7, 11) is 0. The van der Waals surface area contributed by atoms with E-state index in [-0.39, 0.29) is 11.9 Å². The molecule has 1 aliphatic rings. The SMILES string of the molecule is CCNC(=O)C(C)N1CCC(NCC)CC1.